The van der Waals surface area contributed by atoms with Gasteiger partial charge in [0.1, 0.15) is 5.75 Å². The Labute approximate surface area is 141 Å². The second-order valence-electron chi connectivity index (χ2n) is 4.75. The SMILES string of the molecule is COc1ccc(-n2nnnc2SCc2ccccc2[N+](=O)[O-])cc1. The first kappa shape index (κ1) is 15.9. The minimum atomic E-state index is -0.387. The van der Waals surface area contributed by atoms with Crippen LogP contribution >= 0.6 is 11.8 Å². The summed E-state index contributed by atoms with van der Waals surface area (Å²) in [4.78, 5) is 10.7. The summed E-state index contributed by atoms with van der Waals surface area (Å²) in [6.07, 6.45) is 0. The van der Waals surface area contributed by atoms with Gasteiger partial charge in [-0.3, -0.25) is 10.1 Å². The molecule has 0 saturated heterocycles. The number of nitrogens with zero attached hydrogens (tertiary/aromatic N) is 5. The van der Waals surface area contributed by atoms with Gasteiger partial charge in [-0.05, 0) is 34.7 Å². The van der Waals surface area contributed by atoms with E-state index < -0.39 is 0 Å². The summed E-state index contributed by atoms with van der Waals surface area (Å²) in [6, 6.07) is 13.9. The molecule has 0 N–H and O–H groups in total. The largest absolute Gasteiger partial charge is 0.497 e. The molecule has 0 spiro atoms. The van der Waals surface area contributed by atoms with Crippen LogP contribution in [-0.4, -0.2) is 32.2 Å². The zero-order chi connectivity index (χ0) is 16.9. The van der Waals surface area contributed by atoms with E-state index in [0.29, 0.717) is 16.5 Å². The lowest BCUT2D eigenvalue weighted by molar-refractivity contribution is -0.385. The Balaban J connectivity index is 1.80. The van der Waals surface area contributed by atoms with Crippen molar-refractivity contribution in [3.63, 3.8) is 0 Å². The molecule has 0 aliphatic carbocycles. The fraction of sp³-hybridized carbons (Fsp3) is 0.133. The maximum absolute atomic E-state index is 11.1. The van der Waals surface area contributed by atoms with E-state index in [4.69, 9.17) is 4.74 Å². The Morgan fingerprint density at radius 1 is 1.21 bits per heavy atom. The Morgan fingerprint density at radius 3 is 2.67 bits per heavy atom. The van der Waals surface area contributed by atoms with Crippen LogP contribution in [0.2, 0.25) is 0 Å². The molecule has 0 bridgehead atoms. The summed E-state index contributed by atoms with van der Waals surface area (Å²) in [5, 5.41) is 23.3. The van der Waals surface area contributed by atoms with Gasteiger partial charge in [0, 0.05) is 17.4 Å². The molecule has 0 atom stereocenters. The van der Waals surface area contributed by atoms with Gasteiger partial charge in [0.25, 0.3) is 5.69 Å². The van der Waals surface area contributed by atoms with E-state index >= 15 is 0 Å². The van der Waals surface area contributed by atoms with E-state index in [1.54, 1.807) is 30.0 Å². The van der Waals surface area contributed by atoms with Gasteiger partial charge in [-0.2, -0.15) is 4.68 Å². The second kappa shape index (κ2) is 7.09. The smallest absolute Gasteiger partial charge is 0.273 e. The molecule has 0 aliphatic heterocycles. The topological polar surface area (TPSA) is 96.0 Å². The number of aromatic nitrogens is 4. The molecular formula is C15H13N5O3S. The van der Waals surface area contributed by atoms with Crippen LogP contribution in [-0.2, 0) is 5.75 Å². The summed E-state index contributed by atoms with van der Waals surface area (Å²) in [7, 11) is 1.60. The molecule has 3 aromatic rings. The predicted octanol–water partition coefficient (Wildman–Crippen LogP) is 2.87. The van der Waals surface area contributed by atoms with Crippen molar-refractivity contribution in [2.75, 3.05) is 7.11 Å². The molecule has 1 heterocycles. The average molecular weight is 343 g/mol. The normalized spacial score (nSPS) is 10.5. The highest BCUT2D eigenvalue weighted by Gasteiger charge is 2.15. The van der Waals surface area contributed by atoms with Crippen LogP contribution in [0, 0.1) is 10.1 Å². The lowest BCUT2D eigenvalue weighted by atomic mass is 10.2. The number of nitro benzene ring substituents is 1. The van der Waals surface area contributed by atoms with E-state index in [2.05, 4.69) is 15.5 Å². The van der Waals surface area contributed by atoms with E-state index in [0.717, 1.165) is 11.4 Å². The quantitative estimate of drug-likeness (QED) is 0.386. The standard InChI is InChI=1S/C15H13N5O3S/c1-23-13-8-6-12(7-9-13)19-15(16-17-18-19)24-10-11-4-2-3-5-14(11)20(21)22/h2-9H,10H2,1H3. The van der Waals surface area contributed by atoms with Crippen molar-refractivity contribution < 1.29 is 9.66 Å². The molecule has 24 heavy (non-hydrogen) atoms. The maximum Gasteiger partial charge on any atom is 0.273 e. The van der Waals surface area contributed by atoms with Gasteiger partial charge in [0.2, 0.25) is 5.16 Å². The van der Waals surface area contributed by atoms with Gasteiger partial charge in [0.05, 0.1) is 17.7 Å². The number of thioether (sulfide) groups is 1. The highest BCUT2D eigenvalue weighted by Crippen LogP contribution is 2.27. The lowest BCUT2D eigenvalue weighted by Crippen LogP contribution is -2.00. The van der Waals surface area contributed by atoms with Crippen LogP contribution in [0.3, 0.4) is 0 Å². The van der Waals surface area contributed by atoms with Gasteiger partial charge < -0.3 is 4.74 Å². The summed E-state index contributed by atoms with van der Waals surface area (Å²) < 4.78 is 6.71. The van der Waals surface area contributed by atoms with Crippen molar-refractivity contribution in [3.05, 3.63) is 64.2 Å². The molecule has 0 radical (unpaired) electrons. The third-order valence-corrected chi connectivity index (χ3v) is 4.27. The van der Waals surface area contributed by atoms with Crippen LogP contribution in [0.5, 0.6) is 5.75 Å². The first-order chi connectivity index (χ1) is 11.7. The molecule has 1 aromatic heterocycles. The average Bonchev–Trinajstić information content (AvgIpc) is 3.08. The fourth-order valence-corrected chi connectivity index (χ4v) is 2.99. The first-order valence-corrected chi connectivity index (χ1v) is 7.95. The number of benzene rings is 2. The van der Waals surface area contributed by atoms with Crippen molar-refractivity contribution in [1.82, 2.24) is 20.2 Å². The molecule has 9 heteroatoms. The number of hydrogen-bond donors (Lipinski definition) is 0. The summed E-state index contributed by atoms with van der Waals surface area (Å²) in [5.74, 6) is 1.13. The fourth-order valence-electron chi connectivity index (χ4n) is 2.11. The van der Waals surface area contributed by atoms with Crippen molar-refractivity contribution >= 4 is 17.4 Å². The Hall–Kier alpha value is -2.94. The third-order valence-electron chi connectivity index (χ3n) is 3.30. The number of nitro groups is 1. The molecule has 8 nitrogen and oxygen atoms in total. The molecular weight excluding hydrogens is 330 g/mol. The predicted molar refractivity (Wildman–Crippen MR) is 88.4 cm³/mol. The lowest BCUT2D eigenvalue weighted by Gasteiger charge is -2.06. The molecule has 0 fully saturated rings. The maximum atomic E-state index is 11.1. The van der Waals surface area contributed by atoms with Crippen molar-refractivity contribution in [1.29, 1.82) is 0 Å². The molecule has 0 amide bonds. The zero-order valence-corrected chi connectivity index (χ0v) is 13.5. The molecule has 0 saturated carbocycles. The minimum absolute atomic E-state index is 0.0912. The van der Waals surface area contributed by atoms with Gasteiger partial charge >= 0.3 is 0 Å². The summed E-state index contributed by atoms with van der Waals surface area (Å²) in [6.45, 7) is 0. The van der Waals surface area contributed by atoms with Crippen molar-refractivity contribution in [3.8, 4) is 11.4 Å². The van der Waals surface area contributed by atoms with E-state index in [1.165, 1.54) is 17.8 Å². The number of para-hydroxylation sites is 1. The van der Waals surface area contributed by atoms with Gasteiger partial charge in [0.15, 0.2) is 0 Å². The highest BCUT2D eigenvalue weighted by molar-refractivity contribution is 7.98. The number of hydrogen-bond acceptors (Lipinski definition) is 7. The number of methoxy groups -OCH3 is 1. The Bertz CT molecular complexity index is 850. The van der Waals surface area contributed by atoms with Crippen LogP contribution in [0.25, 0.3) is 5.69 Å². The Kier molecular flexibility index (Phi) is 4.71. The van der Waals surface area contributed by atoms with E-state index in [-0.39, 0.29) is 10.6 Å². The van der Waals surface area contributed by atoms with Crippen molar-refractivity contribution in [2.24, 2.45) is 0 Å². The van der Waals surface area contributed by atoms with Gasteiger partial charge in [-0.25, -0.2) is 0 Å². The van der Waals surface area contributed by atoms with E-state index in [9.17, 15) is 10.1 Å². The third kappa shape index (κ3) is 3.35. The monoisotopic (exact) mass is 343 g/mol. The number of ether oxygens (including phenoxy) is 1. The van der Waals surface area contributed by atoms with E-state index in [1.807, 2.05) is 24.3 Å². The summed E-state index contributed by atoms with van der Waals surface area (Å²) in [5.41, 5.74) is 1.50. The minimum Gasteiger partial charge on any atom is -0.497 e. The molecule has 0 aliphatic rings. The van der Waals surface area contributed by atoms with Gasteiger partial charge in [-0.1, -0.05) is 30.0 Å². The van der Waals surface area contributed by atoms with Crippen LogP contribution < -0.4 is 4.74 Å². The Morgan fingerprint density at radius 2 is 1.96 bits per heavy atom. The van der Waals surface area contributed by atoms with Gasteiger partial charge in [-0.15, -0.1) is 5.10 Å². The van der Waals surface area contributed by atoms with Crippen LogP contribution in [0.1, 0.15) is 5.56 Å². The van der Waals surface area contributed by atoms with Crippen LogP contribution in [0.15, 0.2) is 53.7 Å². The van der Waals surface area contributed by atoms with Crippen LogP contribution in [0.4, 0.5) is 5.69 Å². The highest BCUT2D eigenvalue weighted by atomic mass is 32.2. The summed E-state index contributed by atoms with van der Waals surface area (Å²) >= 11 is 1.33. The molecule has 2 aromatic carbocycles. The van der Waals surface area contributed by atoms with Crippen molar-refractivity contribution in [2.45, 2.75) is 10.9 Å². The first-order valence-electron chi connectivity index (χ1n) is 6.97. The number of tetrazole rings is 1. The second-order valence-corrected chi connectivity index (χ2v) is 5.69. The zero-order valence-electron chi connectivity index (χ0n) is 12.7. The number of rotatable bonds is 6. The molecule has 3 rings (SSSR count). The molecule has 122 valence electrons. The molecule has 0 unspecified atom stereocenters.